The average Bonchev–Trinajstić information content (AvgIpc) is 2.99. The Bertz CT molecular complexity index is 611. The lowest BCUT2D eigenvalue weighted by Crippen LogP contribution is -2.31. The molecule has 0 bridgehead atoms. The molecular weight excluding hydrogens is 338 g/mol. The molecule has 0 saturated heterocycles. The van der Waals surface area contributed by atoms with Gasteiger partial charge < -0.3 is 10.1 Å². The van der Waals surface area contributed by atoms with E-state index in [2.05, 4.69) is 31.4 Å². The quantitative estimate of drug-likeness (QED) is 0.808. The van der Waals surface area contributed by atoms with E-state index in [0.29, 0.717) is 0 Å². The van der Waals surface area contributed by atoms with Crippen LogP contribution in [-0.2, 0) is 9.53 Å². The van der Waals surface area contributed by atoms with E-state index in [0.717, 1.165) is 10.0 Å². The molecule has 0 spiro atoms. The monoisotopic (exact) mass is 351 g/mol. The molecule has 1 heterocycles. The largest absolute Gasteiger partial charge is 0.451 e. The molecule has 0 fully saturated rings. The van der Waals surface area contributed by atoms with E-state index in [1.54, 1.807) is 0 Å². The molecule has 6 nitrogen and oxygen atoms in total. The molecule has 0 saturated carbocycles. The number of nitrogens with zero attached hydrogens (tertiary/aromatic N) is 1. The molecule has 0 aliphatic carbocycles. The number of aromatic nitrogens is 2. The lowest BCUT2D eigenvalue weighted by molar-refractivity contribution is -0.124. The molecule has 1 atom stereocenters. The number of rotatable bonds is 5. The second kappa shape index (κ2) is 7.03. The van der Waals surface area contributed by atoms with Gasteiger partial charge in [-0.05, 0) is 30.7 Å². The third kappa shape index (κ3) is 4.42. The van der Waals surface area contributed by atoms with Gasteiger partial charge in [0, 0.05) is 10.7 Å². The first-order valence-electron chi connectivity index (χ1n) is 6.27. The Hall–Kier alpha value is -2.15. The van der Waals surface area contributed by atoms with Gasteiger partial charge in [0.2, 0.25) is 0 Å². The molecule has 1 amide bonds. The van der Waals surface area contributed by atoms with Crippen LogP contribution in [0.25, 0.3) is 0 Å². The first kappa shape index (κ1) is 15.2. The Morgan fingerprint density at radius 2 is 2.05 bits per heavy atom. The first-order chi connectivity index (χ1) is 10.1. The van der Waals surface area contributed by atoms with E-state index in [-0.39, 0.29) is 24.2 Å². The van der Waals surface area contributed by atoms with Gasteiger partial charge >= 0.3 is 5.97 Å². The number of halogens is 1. The second-order valence-corrected chi connectivity index (χ2v) is 5.30. The standard InChI is InChI=1S/C14H14BrN3O3/c1-9(10-2-4-11(15)5-3-10)17-13(19)8-21-14(20)12-6-7-16-18-12/h2-7,9H,8H2,1H3,(H,16,18)(H,17,19). The summed E-state index contributed by atoms with van der Waals surface area (Å²) in [4.78, 5) is 23.3. The van der Waals surface area contributed by atoms with Crippen LogP contribution in [0.1, 0.15) is 29.0 Å². The van der Waals surface area contributed by atoms with Gasteiger partial charge in [0.05, 0.1) is 6.04 Å². The number of hydrogen-bond acceptors (Lipinski definition) is 4. The topological polar surface area (TPSA) is 84.1 Å². The number of esters is 1. The molecule has 1 aromatic heterocycles. The SMILES string of the molecule is CC(NC(=O)COC(=O)c1ccn[nH]1)c1ccc(Br)cc1. The van der Waals surface area contributed by atoms with Crippen molar-refractivity contribution in [2.45, 2.75) is 13.0 Å². The summed E-state index contributed by atoms with van der Waals surface area (Å²) in [5.41, 5.74) is 1.18. The van der Waals surface area contributed by atoms with Crippen LogP contribution in [0.3, 0.4) is 0 Å². The molecule has 21 heavy (non-hydrogen) atoms. The highest BCUT2D eigenvalue weighted by atomic mass is 79.9. The predicted octanol–water partition coefficient (Wildman–Crippen LogP) is 2.21. The Morgan fingerprint density at radius 1 is 1.33 bits per heavy atom. The van der Waals surface area contributed by atoms with Crippen molar-refractivity contribution in [3.8, 4) is 0 Å². The van der Waals surface area contributed by atoms with Gasteiger partial charge in [0.15, 0.2) is 6.61 Å². The minimum absolute atomic E-state index is 0.170. The number of hydrogen-bond donors (Lipinski definition) is 2. The minimum Gasteiger partial charge on any atom is -0.451 e. The number of benzene rings is 1. The Morgan fingerprint density at radius 3 is 2.67 bits per heavy atom. The summed E-state index contributed by atoms with van der Waals surface area (Å²) in [7, 11) is 0. The molecule has 110 valence electrons. The molecule has 7 heteroatoms. The number of aromatic amines is 1. The van der Waals surface area contributed by atoms with Crippen molar-refractivity contribution < 1.29 is 14.3 Å². The van der Waals surface area contributed by atoms with Crippen LogP contribution in [-0.4, -0.2) is 28.7 Å². The average molecular weight is 352 g/mol. The maximum absolute atomic E-state index is 11.7. The van der Waals surface area contributed by atoms with E-state index in [9.17, 15) is 9.59 Å². The highest BCUT2D eigenvalue weighted by Gasteiger charge is 2.13. The summed E-state index contributed by atoms with van der Waals surface area (Å²) in [5.74, 6) is -0.975. The van der Waals surface area contributed by atoms with E-state index in [1.807, 2.05) is 31.2 Å². The number of amides is 1. The first-order valence-corrected chi connectivity index (χ1v) is 7.07. The van der Waals surface area contributed by atoms with Crippen molar-refractivity contribution in [2.24, 2.45) is 0 Å². The van der Waals surface area contributed by atoms with E-state index >= 15 is 0 Å². The van der Waals surface area contributed by atoms with Gasteiger partial charge in [-0.2, -0.15) is 5.10 Å². The zero-order valence-electron chi connectivity index (χ0n) is 11.3. The zero-order chi connectivity index (χ0) is 15.2. The van der Waals surface area contributed by atoms with Crippen molar-refractivity contribution in [1.29, 1.82) is 0 Å². The maximum atomic E-state index is 11.7. The van der Waals surface area contributed by atoms with Gasteiger partial charge in [-0.15, -0.1) is 0 Å². The fourth-order valence-corrected chi connectivity index (χ4v) is 1.96. The molecule has 2 N–H and O–H groups in total. The van der Waals surface area contributed by atoms with Crippen molar-refractivity contribution in [3.63, 3.8) is 0 Å². The molecule has 0 aliphatic heterocycles. The highest BCUT2D eigenvalue weighted by Crippen LogP contribution is 2.16. The molecule has 0 aliphatic rings. The molecular formula is C14H14BrN3O3. The molecule has 1 aromatic carbocycles. The number of nitrogens with one attached hydrogen (secondary N) is 2. The minimum atomic E-state index is -0.612. The maximum Gasteiger partial charge on any atom is 0.356 e. The fourth-order valence-electron chi connectivity index (χ4n) is 1.70. The zero-order valence-corrected chi connectivity index (χ0v) is 12.9. The molecule has 2 rings (SSSR count). The smallest absolute Gasteiger partial charge is 0.356 e. The number of ether oxygens (including phenoxy) is 1. The Balaban J connectivity index is 1.81. The Kier molecular flexibility index (Phi) is 5.10. The molecule has 1 unspecified atom stereocenters. The Labute approximate surface area is 130 Å². The van der Waals surface area contributed by atoms with Crippen LogP contribution < -0.4 is 5.32 Å². The van der Waals surface area contributed by atoms with Gasteiger partial charge in [-0.1, -0.05) is 28.1 Å². The highest BCUT2D eigenvalue weighted by molar-refractivity contribution is 9.10. The van der Waals surface area contributed by atoms with Gasteiger partial charge in [0.1, 0.15) is 5.69 Å². The third-order valence-electron chi connectivity index (χ3n) is 2.80. The van der Waals surface area contributed by atoms with Crippen LogP contribution in [0.4, 0.5) is 0 Å². The number of carbonyl (C=O) groups is 2. The van der Waals surface area contributed by atoms with Gasteiger partial charge in [-0.3, -0.25) is 9.89 Å². The summed E-state index contributed by atoms with van der Waals surface area (Å²) >= 11 is 3.35. The predicted molar refractivity (Wildman–Crippen MR) is 79.6 cm³/mol. The summed E-state index contributed by atoms with van der Waals surface area (Å²) < 4.78 is 5.84. The van der Waals surface area contributed by atoms with Gasteiger partial charge in [-0.25, -0.2) is 4.79 Å². The van der Waals surface area contributed by atoms with E-state index in [1.165, 1.54) is 12.3 Å². The second-order valence-electron chi connectivity index (χ2n) is 4.39. The lowest BCUT2D eigenvalue weighted by atomic mass is 10.1. The molecule has 2 aromatic rings. The van der Waals surface area contributed by atoms with Crippen molar-refractivity contribution in [1.82, 2.24) is 15.5 Å². The van der Waals surface area contributed by atoms with Crippen molar-refractivity contribution >= 4 is 27.8 Å². The summed E-state index contributed by atoms with van der Waals surface area (Å²) in [5, 5.41) is 8.87. The van der Waals surface area contributed by atoms with Crippen LogP contribution in [0.5, 0.6) is 0 Å². The summed E-state index contributed by atoms with van der Waals surface area (Å²) in [6.07, 6.45) is 1.44. The van der Waals surface area contributed by atoms with E-state index in [4.69, 9.17) is 4.74 Å². The van der Waals surface area contributed by atoms with Gasteiger partial charge in [0.25, 0.3) is 5.91 Å². The van der Waals surface area contributed by atoms with Crippen LogP contribution in [0.2, 0.25) is 0 Å². The van der Waals surface area contributed by atoms with E-state index < -0.39 is 5.97 Å². The number of H-pyrrole nitrogens is 1. The summed E-state index contributed by atoms with van der Waals surface area (Å²) in [6, 6.07) is 8.92. The number of carbonyl (C=O) groups excluding carboxylic acids is 2. The normalized spacial score (nSPS) is 11.7. The van der Waals surface area contributed by atoms with Crippen molar-refractivity contribution in [2.75, 3.05) is 6.61 Å². The summed E-state index contributed by atoms with van der Waals surface area (Å²) in [6.45, 7) is 1.52. The molecule has 0 radical (unpaired) electrons. The fraction of sp³-hybridized carbons (Fsp3) is 0.214. The third-order valence-corrected chi connectivity index (χ3v) is 3.33. The van der Waals surface area contributed by atoms with Crippen LogP contribution >= 0.6 is 15.9 Å². The van der Waals surface area contributed by atoms with Crippen LogP contribution in [0, 0.1) is 0 Å². The van der Waals surface area contributed by atoms with Crippen LogP contribution in [0.15, 0.2) is 41.0 Å². The lowest BCUT2D eigenvalue weighted by Gasteiger charge is -2.14. The van der Waals surface area contributed by atoms with Crippen molar-refractivity contribution in [3.05, 3.63) is 52.3 Å².